The number of hydrogen-bond acceptors (Lipinski definition) is 3. The standard InChI is InChI=1S/C18H29NO2S/c1-5-16(20)19-11-7-9-15(19)17(22)21-14-8-6-10-18(4,12-14)13(2)3/h5,13-15H,1,6-12H2,2-4H3/t14?,15-,18?/m1/s1. The zero-order valence-corrected chi connectivity index (χ0v) is 15.0. The van der Waals surface area contributed by atoms with Gasteiger partial charge >= 0.3 is 0 Å². The number of rotatable bonds is 4. The zero-order chi connectivity index (χ0) is 16.3. The van der Waals surface area contributed by atoms with Gasteiger partial charge in [-0.3, -0.25) is 4.79 Å². The summed E-state index contributed by atoms with van der Waals surface area (Å²) in [6.07, 6.45) is 8.07. The van der Waals surface area contributed by atoms with E-state index >= 15 is 0 Å². The lowest BCUT2D eigenvalue weighted by atomic mass is 9.67. The van der Waals surface area contributed by atoms with Gasteiger partial charge in [-0.15, -0.1) is 0 Å². The van der Waals surface area contributed by atoms with Crippen LogP contribution in [0.4, 0.5) is 0 Å². The number of likely N-dealkylation sites (tertiary alicyclic amines) is 1. The molecule has 124 valence electrons. The van der Waals surface area contributed by atoms with E-state index < -0.39 is 0 Å². The van der Waals surface area contributed by atoms with E-state index in [1.54, 1.807) is 4.90 Å². The number of hydrogen-bond donors (Lipinski definition) is 0. The van der Waals surface area contributed by atoms with Gasteiger partial charge in [0.25, 0.3) is 0 Å². The Morgan fingerprint density at radius 2 is 2.14 bits per heavy atom. The molecule has 0 bridgehead atoms. The van der Waals surface area contributed by atoms with Crippen LogP contribution in [0.2, 0.25) is 0 Å². The summed E-state index contributed by atoms with van der Waals surface area (Å²) in [6, 6.07) is -0.0484. The predicted molar refractivity (Wildman–Crippen MR) is 93.8 cm³/mol. The molecule has 0 aromatic rings. The Kier molecular flexibility index (Phi) is 5.65. The Hall–Kier alpha value is -0.900. The van der Waals surface area contributed by atoms with E-state index in [0.29, 0.717) is 16.4 Å². The fourth-order valence-corrected chi connectivity index (χ4v) is 4.10. The van der Waals surface area contributed by atoms with Crippen molar-refractivity contribution in [3.8, 4) is 0 Å². The summed E-state index contributed by atoms with van der Waals surface area (Å²) >= 11 is 5.53. The van der Waals surface area contributed by atoms with Gasteiger partial charge in [-0.2, -0.15) is 0 Å². The monoisotopic (exact) mass is 323 g/mol. The van der Waals surface area contributed by atoms with E-state index in [-0.39, 0.29) is 18.1 Å². The van der Waals surface area contributed by atoms with Crippen LogP contribution < -0.4 is 0 Å². The molecular formula is C18H29NO2S. The van der Waals surface area contributed by atoms with Crippen LogP contribution in [0, 0.1) is 11.3 Å². The quantitative estimate of drug-likeness (QED) is 0.576. The second-order valence-corrected chi connectivity index (χ2v) is 7.76. The van der Waals surface area contributed by atoms with Crippen molar-refractivity contribution >= 4 is 23.2 Å². The molecule has 1 heterocycles. The van der Waals surface area contributed by atoms with Gasteiger partial charge in [0.15, 0.2) is 5.05 Å². The molecule has 0 spiro atoms. The lowest BCUT2D eigenvalue weighted by Gasteiger charge is -2.41. The van der Waals surface area contributed by atoms with E-state index in [1.165, 1.54) is 18.9 Å². The molecule has 3 atom stereocenters. The number of nitrogens with zero attached hydrogens (tertiary/aromatic N) is 1. The van der Waals surface area contributed by atoms with E-state index in [1.807, 2.05) is 0 Å². The van der Waals surface area contributed by atoms with Crippen molar-refractivity contribution in [2.24, 2.45) is 11.3 Å². The Labute approximate surface area is 140 Å². The average molecular weight is 324 g/mol. The van der Waals surface area contributed by atoms with Crippen molar-refractivity contribution in [1.29, 1.82) is 0 Å². The van der Waals surface area contributed by atoms with Gasteiger partial charge < -0.3 is 9.64 Å². The van der Waals surface area contributed by atoms with Crippen molar-refractivity contribution < 1.29 is 9.53 Å². The number of amides is 1. The minimum Gasteiger partial charge on any atom is -0.482 e. The molecule has 1 saturated heterocycles. The van der Waals surface area contributed by atoms with Gasteiger partial charge in [-0.1, -0.05) is 27.4 Å². The topological polar surface area (TPSA) is 29.5 Å². The summed E-state index contributed by atoms with van der Waals surface area (Å²) in [5, 5.41) is 0.603. The minimum absolute atomic E-state index is 0.0379. The smallest absolute Gasteiger partial charge is 0.246 e. The fourth-order valence-electron chi connectivity index (χ4n) is 3.72. The number of carbonyl (C=O) groups excluding carboxylic acids is 1. The third-order valence-corrected chi connectivity index (χ3v) is 6.00. The van der Waals surface area contributed by atoms with E-state index in [9.17, 15) is 4.79 Å². The van der Waals surface area contributed by atoms with Crippen LogP contribution in [0.5, 0.6) is 0 Å². The third-order valence-electron chi connectivity index (χ3n) is 5.63. The van der Waals surface area contributed by atoms with Crippen molar-refractivity contribution in [2.45, 2.75) is 71.4 Å². The number of ether oxygens (including phenoxy) is 1. The first-order valence-corrected chi connectivity index (χ1v) is 8.92. The summed E-state index contributed by atoms with van der Waals surface area (Å²) in [6.45, 7) is 11.3. The molecule has 22 heavy (non-hydrogen) atoms. The fraction of sp³-hybridized carbons (Fsp3) is 0.778. The van der Waals surface area contributed by atoms with E-state index in [2.05, 4.69) is 27.4 Å². The van der Waals surface area contributed by atoms with Crippen LogP contribution in [0.3, 0.4) is 0 Å². The SMILES string of the molecule is C=CC(=O)N1CCC[C@@H]1C(=S)OC1CCCC(C)(C(C)C)C1. The van der Waals surface area contributed by atoms with E-state index in [4.69, 9.17) is 17.0 Å². The van der Waals surface area contributed by atoms with Crippen LogP contribution in [0.1, 0.15) is 59.3 Å². The minimum atomic E-state index is -0.0484. The van der Waals surface area contributed by atoms with Crippen LogP contribution in [0.25, 0.3) is 0 Å². The highest BCUT2D eigenvalue weighted by Gasteiger charge is 2.38. The maximum Gasteiger partial charge on any atom is 0.246 e. The average Bonchev–Trinajstić information content (AvgIpc) is 2.96. The molecule has 0 N–H and O–H groups in total. The maximum atomic E-state index is 11.9. The molecule has 1 saturated carbocycles. The third kappa shape index (κ3) is 3.70. The summed E-state index contributed by atoms with van der Waals surface area (Å²) in [5.41, 5.74) is 0.338. The molecule has 1 amide bonds. The highest BCUT2D eigenvalue weighted by atomic mass is 32.1. The number of thiocarbonyl (C=S) groups is 1. The lowest BCUT2D eigenvalue weighted by molar-refractivity contribution is -0.126. The lowest BCUT2D eigenvalue weighted by Crippen LogP contribution is -2.42. The molecule has 0 aromatic heterocycles. The number of carbonyl (C=O) groups is 1. The van der Waals surface area contributed by atoms with Crippen LogP contribution in [0.15, 0.2) is 12.7 Å². The van der Waals surface area contributed by atoms with Crippen molar-refractivity contribution in [3.63, 3.8) is 0 Å². The van der Waals surface area contributed by atoms with Gasteiger partial charge in [0.05, 0.1) is 0 Å². The molecule has 4 heteroatoms. The first-order chi connectivity index (χ1) is 10.4. The Morgan fingerprint density at radius 3 is 2.77 bits per heavy atom. The van der Waals surface area contributed by atoms with Crippen LogP contribution >= 0.6 is 12.2 Å². The van der Waals surface area contributed by atoms with Gasteiger partial charge in [0.1, 0.15) is 12.1 Å². The molecule has 1 aliphatic heterocycles. The van der Waals surface area contributed by atoms with Crippen molar-refractivity contribution in [3.05, 3.63) is 12.7 Å². The molecule has 2 aliphatic rings. The Bertz CT molecular complexity index is 448. The molecule has 0 radical (unpaired) electrons. The maximum absolute atomic E-state index is 11.9. The second kappa shape index (κ2) is 7.12. The van der Waals surface area contributed by atoms with Crippen LogP contribution in [-0.2, 0) is 9.53 Å². The van der Waals surface area contributed by atoms with Gasteiger partial charge in [0.2, 0.25) is 5.91 Å². The molecular weight excluding hydrogens is 294 g/mol. The summed E-state index contributed by atoms with van der Waals surface area (Å²) in [5.74, 6) is 0.613. The Balaban J connectivity index is 1.96. The van der Waals surface area contributed by atoms with Gasteiger partial charge in [-0.05, 0) is 68.2 Å². The molecule has 3 nitrogen and oxygen atoms in total. The molecule has 2 fully saturated rings. The second-order valence-electron chi connectivity index (χ2n) is 7.36. The largest absolute Gasteiger partial charge is 0.482 e. The van der Waals surface area contributed by atoms with E-state index in [0.717, 1.165) is 32.2 Å². The highest BCUT2D eigenvalue weighted by molar-refractivity contribution is 7.80. The predicted octanol–water partition coefficient (Wildman–Crippen LogP) is 4.11. The summed E-state index contributed by atoms with van der Waals surface area (Å²) in [7, 11) is 0. The molecule has 1 aliphatic carbocycles. The van der Waals surface area contributed by atoms with Crippen molar-refractivity contribution in [2.75, 3.05) is 6.54 Å². The summed E-state index contributed by atoms with van der Waals surface area (Å²) < 4.78 is 6.15. The normalized spacial score (nSPS) is 32.1. The zero-order valence-electron chi connectivity index (χ0n) is 14.1. The highest BCUT2D eigenvalue weighted by Crippen LogP contribution is 2.43. The first kappa shape index (κ1) is 17.5. The first-order valence-electron chi connectivity index (χ1n) is 8.51. The van der Waals surface area contributed by atoms with Crippen molar-refractivity contribution in [1.82, 2.24) is 4.90 Å². The van der Waals surface area contributed by atoms with Gasteiger partial charge in [-0.25, -0.2) is 0 Å². The van der Waals surface area contributed by atoms with Crippen LogP contribution in [-0.4, -0.2) is 34.5 Å². The molecule has 2 rings (SSSR count). The van der Waals surface area contributed by atoms with Gasteiger partial charge in [0, 0.05) is 6.54 Å². The summed E-state index contributed by atoms with van der Waals surface area (Å²) in [4.78, 5) is 13.7. The molecule has 2 unspecified atom stereocenters. The Morgan fingerprint density at radius 1 is 1.41 bits per heavy atom. The molecule has 0 aromatic carbocycles.